The van der Waals surface area contributed by atoms with Gasteiger partial charge in [0.25, 0.3) is 0 Å². The van der Waals surface area contributed by atoms with Crippen molar-refractivity contribution in [3.05, 3.63) is 46.4 Å². The molecule has 102 valence electrons. The first-order chi connectivity index (χ1) is 9.26. The Balaban J connectivity index is 2.24. The summed E-state index contributed by atoms with van der Waals surface area (Å²) in [4.78, 5) is 5.76. The average molecular weight is 276 g/mol. The number of likely N-dealkylation sites (N-methyl/N-ethyl adjacent to an activating group) is 1. The number of aromatic nitrogens is 1. The van der Waals surface area contributed by atoms with Gasteiger partial charge in [-0.15, -0.1) is 11.3 Å². The third-order valence-electron chi connectivity index (χ3n) is 3.22. The fourth-order valence-corrected chi connectivity index (χ4v) is 3.20. The Morgan fingerprint density at radius 1 is 1.42 bits per heavy atom. The van der Waals surface area contributed by atoms with Gasteiger partial charge in [-0.2, -0.15) is 0 Å². The summed E-state index contributed by atoms with van der Waals surface area (Å²) in [5, 5.41) is 5.60. The zero-order chi connectivity index (χ0) is 13.7. The number of methoxy groups -OCH3 is 1. The number of pyridine rings is 1. The van der Waals surface area contributed by atoms with Gasteiger partial charge < -0.3 is 10.1 Å². The average Bonchev–Trinajstić information content (AvgIpc) is 2.93. The normalized spacial score (nSPS) is 14.1. The molecular weight excluding hydrogens is 256 g/mol. The number of nitrogens with zero attached hydrogens (tertiary/aromatic N) is 1. The SMILES string of the molecule is CCNC(c1cc(OC)cs1)C(C)c1ccccn1. The fourth-order valence-electron chi connectivity index (χ4n) is 2.16. The van der Waals surface area contributed by atoms with E-state index in [-0.39, 0.29) is 6.04 Å². The van der Waals surface area contributed by atoms with Gasteiger partial charge in [-0.3, -0.25) is 4.98 Å². The summed E-state index contributed by atoms with van der Waals surface area (Å²) in [5.41, 5.74) is 1.11. The molecule has 0 fully saturated rings. The van der Waals surface area contributed by atoms with Gasteiger partial charge in [-0.25, -0.2) is 0 Å². The molecule has 4 heteroatoms. The number of hydrogen-bond acceptors (Lipinski definition) is 4. The monoisotopic (exact) mass is 276 g/mol. The van der Waals surface area contributed by atoms with Gasteiger partial charge in [0.05, 0.1) is 7.11 Å². The van der Waals surface area contributed by atoms with Crippen LogP contribution in [0.4, 0.5) is 0 Å². The summed E-state index contributed by atoms with van der Waals surface area (Å²) in [6.45, 7) is 5.27. The topological polar surface area (TPSA) is 34.1 Å². The molecule has 1 N–H and O–H groups in total. The molecule has 0 saturated heterocycles. The summed E-state index contributed by atoms with van der Waals surface area (Å²) < 4.78 is 5.28. The van der Waals surface area contributed by atoms with E-state index in [1.54, 1.807) is 18.4 Å². The lowest BCUT2D eigenvalue weighted by Crippen LogP contribution is -2.25. The van der Waals surface area contributed by atoms with Crippen LogP contribution >= 0.6 is 11.3 Å². The predicted octanol–water partition coefficient (Wildman–Crippen LogP) is 3.61. The van der Waals surface area contributed by atoms with Crippen molar-refractivity contribution in [2.24, 2.45) is 0 Å². The van der Waals surface area contributed by atoms with E-state index >= 15 is 0 Å². The van der Waals surface area contributed by atoms with Crippen LogP contribution in [0, 0.1) is 0 Å². The molecule has 0 amide bonds. The highest BCUT2D eigenvalue weighted by Gasteiger charge is 2.22. The molecule has 2 aromatic rings. The maximum absolute atomic E-state index is 5.28. The molecule has 0 aromatic carbocycles. The predicted molar refractivity (Wildman–Crippen MR) is 79.9 cm³/mol. The highest BCUT2D eigenvalue weighted by molar-refractivity contribution is 7.10. The molecule has 2 rings (SSSR count). The first-order valence-electron chi connectivity index (χ1n) is 6.53. The Labute approximate surface area is 118 Å². The lowest BCUT2D eigenvalue weighted by Gasteiger charge is -2.23. The quantitative estimate of drug-likeness (QED) is 0.875. The second-order valence-electron chi connectivity index (χ2n) is 4.47. The number of hydrogen-bond donors (Lipinski definition) is 1. The first kappa shape index (κ1) is 14.0. The van der Waals surface area contributed by atoms with Crippen LogP contribution in [0.15, 0.2) is 35.8 Å². The fraction of sp³-hybridized carbons (Fsp3) is 0.400. The molecular formula is C15H20N2OS. The van der Waals surface area contributed by atoms with Gasteiger partial charge in [0.15, 0.2) is 0 Å². The third kappa shape index (κ3) is 3.33. The van der Waals surface area contributed by atoms with Crippen molar-refractivity contribution in [1.29, 1.82) is 0 Å². The number of rotatable bonds is 6. The number of thiophene rings is 1. The zero-order valence-corrected chi connectivity index (χ0v) is 12.4. The van der Waals surface area contributed by atoms with Crippen molar-refractivity contribution >= 4 is 11.3 Å². The van der Waals surface area contributed by atoms with Crippen LogP contribution in [0.5, 0.6) is 5.75 Å². The van der Waals surface area contributed by atoms with E-state index in [1.807, 2.05) is 23.7 Å². The lowest BCUT2D eigenvalue weighted by molar-refractivity contribution is 0.414. The van der Waals surface area contributed by atoms with Crippen LogP contribution in [0.2, 0.25) is 0 Å². The van der Waals surface area contributed by atoms with E-state index in [9.17, 15) is 0 Å². The second kappa shape index (κ2) is 6.68. The largest absolute Gasteiger partial charge is 0.496 e. The van der Waals surface area contributed by atoms with Crippen LogP contribution < -0.4 is 10.1 Å². The van der Waals surface area contributed by atoms with Crippen molar-refractivity contribution < 1.29 is 4.74 Å². The molecule has 2 unspecified atom stereocenters. The first-order valence-corrected chi connectivity index (χ1v) is 7.41. The van der Waals surface area contributed by atoms with E-state index in [1.165, 1.54) is 4.88 Å². The van der Waals surface area contributed by atoms with Gasteiger partial charge in [0.2, 0.25) is 0 Å². The third-order valence-corrected chi connectivity index (χ3v) is 4.21. The maximum atomic E-state index is 5.28. The Morgan fingerprint density at radius 2 is 2.26 bits per heavy atom. The van der Waals surface area contributed by atoms with E-state index in [2.05, 4.69) is 36.3 Å². The lowest BCUT2D eigenvalue weighted by atomic mass is 9.96. The molecule has 0 aliphatic rings. The molecule has 0 radical (unpaired) electrons. The minimum Gasteiger partial charge on any atom is -0.496 e. The Bertz CT molecular complexity index is 498. The van der Waals surface area contributed by atoms with Crippen molar-refractivity contribution in [3.8, 4) is 5.75 Å². The molecule has 0 aliphatic heterocycles. The van der Waals surface area contributed by atoms with Gasteiger partial charge in [0.1, 0.15) is 5.75 Å². The summed E-state index contributed by atoms with van der Waals surface area (Å²) in [6.07, 6.45) is 1.85. The molecule has 2 heterocycles. The maximum Gasteiger partial charge on any atom is 0.129 e. The molecule has 0 aliphatic carbocycles. The Morgan fingerprint density at radius 3 is 2.84 bits per heavy atom. The minimum atomic E-state index is 0.272. The summed E-state index contributed by atoms with van der Waals surface area (Å²) >= 11 is 1.73. The van der Waals surface area contributed by atoms with Crippen LogP contribution in [-0.4, -0.2) is 18.6 Å². The van der Waals surface area contributed by atoms with Crippen molar-refractivity contribution in [2.45, 2.75) is 25.8 Å². The van der Waals surface area contributed by atoms with E-state index in [0.717, 1.165) is 18.0 Å². The second-order valence-corrected chi connectivity index (χ2v) is 5.41. The van der Waals surface area contributed by atoms with E-state index in [0.29, 0.717) is 5.92 Å². The zero-order valence-electron chi connectivity index (χ0n) is 11.6. The molecule has 0 saturated carbocycles. The van der Waals surface area contributed by atoms with E-state index in [4.69, 9.17) is 4.74 Å². The van der Waals surface area contributed by atoms with Gasteiger partial charge >= 0.3 is 0 Å². The highest BCUT2D eigenvalue weighted by Crippen LogP contribution is 2.35. The number of nitrogens with one attached hydrogen (secondary N) is 1. The molecule has 19 heavy (non-hydrogen) atoms. The van der Waals surface area contributed by atoms with Gasteiger partial charge in [-0.05, 0) is 24.7 Å². The molecule has 0 bridgehead atoms. The standard InChI is InChI=1S/C15H20N2OS/c1-4-16-15(14-9-12(18-3)10-19-14)11(2)13-7-5-6-8-17-13/h5-11,15-16H,4H2,1-3H3. The molecule has 2 atom stereocenters. The van der Waals surface area contributed by atoms with Crippen LogP contribution in [0.25, 0.3) is 0 Å². The van der Waals surface area contributed by atoms with E-state index < -0.39 is 0 Å². The number of ether oxygens (including phenoxy) is 1. The van der Waals surface area contributed by atoms with Crippen molar-refractivity contribution in [1.82, 2.24) is 10.3 Å². The summed E-state index contributed by atoms with van der Waals surface area (Å²) in [6, 6.07) is 8.45. The Hall–Kier alpha value is -1.39. The van der Waals surface area contributed by atoms with Crippen LogP contribution in [0.1, 0.15) is 36.4 Å². The minimum absolute atomic E-state index is 0.272. The Kier molecular flexibility index (Phi) is 4.93. The highest BCUT2D eigenvalue weighted by atomic mass is 32.1. The summed E-state index contributed by atoms with van der Waals surface area (Å²) in [7, 11) is 1.70. The van der Waals surface area contributed by atoms with Crippen LogP contribution in [0.3, 0.4) is 0 Å². The van der Waals surface area contributed by atoms with Crippen LogP contribution in [-0.2, 0) is 0 Å². The molecule has 2 aromatic heterocycles. The molecule has 0 spiro atoms. The van der Waals surface area contributed by atoms with Gasteiger partial charge in [0, 0.05) is 34.1 Å². The van der Waals surface area contributed by atoms with Crippen molar-refractivity contribution in [3.63, 3.8) is 0 Å². The van der Waals surface area contributed by atoms with Gasteiger partial charge in [-0.1, -0.05) is 19.9 Å². The van der Waals surface area contributed by atoms with Crippen molar-refractivity contribution in [2.75, 3.05) is 13.7 Å². The summed E-state index contributed by atoms with van der Waals surface area (Å²) in [5.74, 6) is 1.25. The molecule has 3 nitrogen and oxygen atoms in total. The smallest absolute Gasteiger partial charge is 0.129 e.